The molecule has 1 heterocycles. The van der Waals surface area contributed by atoms with E-state index in [1.54, 1.807) is 0 Å². The van der Waals surface area contributed by atoms with Gasteiger partial charge >= 0.3 is 0 Å². The summed E-state index contributed by atoms with van der Waals surface area (Å²) in [5, 5.41) is 6.47. The summed E-state index contributed by atoms with van der Waals surface area (Å²) >= 11 is 0. The number of rotatable bonds is 1. The van der Waals surface area contributed by atoms with Gasteiger partial charge in [0.25, 0.3) is 6.43 Å². The average Bonchev–Trinajstić information content (AvgIpc) is 2.76. The Balaban J connectivity index is 2.06. The van der Waals surface area contributed by atoms with Crippen LogP contribution in [0.25, 0.3) is 0 Å². The maximum Gasteiger partial charge on any atom is 0.282 e. The molecule has 1 aromatic rings. The van der Waals surface area contributed by atoms with Crippen LogP contribution in [-0.4, -0.2) is 10.2 Å². The van der Waals surface area contributed by atoms with E-state index in [4.69, 9.17) is 0 Å². The Bertz CT molecular complexity index is 332. The number of alkyl halides is 2. The molecule has 2 aliphatic rings. The normalized spacial score (nSPS) is 30.1. The Morgan fingerprint density at radius 3 is 3.08 bits per heavy atom. The molecule has 1 aromatic heterocycles. The molecule has 0 amide bonds. The molecule has 1 fully saturated rings. The summed E-state index contributed by atoms with van der Waals surface area (Å²) in [4.78, 5) is 0. The quantitative estimate of drug-likeness (QED) is 0.713. The standard InChI is InChI=1S/C9H10F2N2/c10-9(11)8-5-2-1-4-3-6(4)7(5)12-13-8/h4,6,9H,1-3H2,(H,12,13). The van der Waals surface area contributed by atoms with Crippen molar-refractivity contribution in [3.05, 3.63) is 17.0 Å². The van der Waals surface area contributed by atoms with E-state index in [9.17, 15) is 8.78 Å². The third-order valence-electron chi connectivity index (χ3n) is 3.20. The van der Waals surface area contributed by atoms with Crippen molar-refractivity contribution in [1.29, 1.82) is 0 Å². The van der Waals surface area contributed by atoms with Gasteiger partial charge in [-0.3, -0.25) is 5.10 Å². The lowest BCUT2D eigenvalue weighted by molar-refractivity contribution is 0.144. The minimum Gasteiger partial charge on any atom is -0.282 e. The predicted molar refractivity (Wildman–Crippen MR) is 42.7 cm³/mol. The molecule has 2 atom stereocenters. The van der Waals surface area contributed by atoms with Crippen molar-refractivity contribution in [2.75, 3.05) is 0 Å². The summed E-state index contributed by atoms with van der Waals surface area (Å²) in [6.07, 6.45) is 0.594. The third-order valence-corrected chi connectivity index (χ3v) is 3.20. The van der Waals surface area contributed by atoms with Gasteiger partial charge in [0.15, 0.2) is 0 Å². The van der Waals surface area contributed by atoms with Crippen molar-refractivity contribution in [3.8, 4) is 0 Å². The Kier molecular flexibility index (Phi) is 1.32. The van der Waals surface area contributed by atoms with Crippen molar-refractivity contribution in [3.63, 3.8) is 0 Å². The van der Waals surface area contributed by atoms with E-state index in [0.717, 1.165) is 36.4 Å². The molecule has 3 rings (SSSR count). The SMILES string of the molecule is FC(F)c1n[nH]c2c1CCC1CC21. The fourth-order valence-corrected chi connectivity index (χ4v) is 2.39. The van der Waals surface area contributed by atoms with Crippen LogP contribution in [-0.2, 0) is 6.42 Å². The molecule has 2 aliphatic carbocycles. The van der Waals surface area contributed by atoms with Crippen molar-refractivity contribution < 1.29 is 8.78 Å². The predicted octanol–water partition coefficient (Wildman–Crippen LogP) is 2.40. The van der Waals surface area contributed by atoms with E-state index in [-0.39, 0.29) is 5.69 Å². The number of nitrogens with one attached hydrogen (secondary N) is 1. The molecule has 70 valence electrons. The fourth-order valence-electron chi connectivity index (χ4n) is 2.39. The number of fused-ring (bicyclic) bond motifs is 3. The molecule has 0 aliphatic heterocycles. The minimum absolute atomic E-state index is 0.0136. The van der Waals surface area contributed by atoms with E-state index < -0.39 is 6.43 Å². The van der Waals surface area contributed by atoms with Gasteiger partial charge in [0, 0.05) is 17.2 Å². The lowest BCUT2D eigenvalue weighted by Crippen LogP contribution is -2.02. The molecule has 0 bridgehead atoms. The molecular weight excluding hydrogens is 174 g/mol. The zero-order valence-corrected chi connectivity index (χ0v) is 7.06. The van der Waals surface area contributed by atoms with Gasteiger partial charge in [-0.15, -0.1) is 0 Å². The van der Waals surface area contributed by atoms with Crippen LogP contribution in [0.3, 0.4) is 0 Å². The lowest BCUT2D eigenvalue weighted by atomic mass is 9.96. The summed E-state index contributed by atoms with van der Waals surface area (Å²) in [5.41, 5.74) is 1.78. The minimum atomic E-state index is -2.42. The third kappa shape index (κ3) is 0.943. The number of aromatic nitrogens is 2. The largest absolute Gasteiger partial charge is 0.282 e. The highest BCUT2D eigenvalue weighted by Crippen LogP contribution is 2.54. The van der Waals surface area contributed by atoms with E-state index in [0.29, 0.717) is 5.92 Å². The lowest BCUT2D eigenvalue weighted by Gasteiger charge is -2.09. The first kappa shape index (κ1) is 7.47. The fraction of sp³-hybridized carbons (Fsp3) is 0.667. The van der Waals surface area contributed by atoms with E-state index in [2.05, 4.69) is 10.2 Å². The van der Waals surface area contributed by atoms with Gasteiger partial charge in [-0.25, -0.2) is 8.78 Å². The summed E-state index contributed by atoms with van der Waals surface area (Å²) in [6, 6.07) is 0. The molecule has 0 radical (unpaired) electrons. The Hall–Kier alpha value is -0.930. The molecule has 4 heteroatoms. The van der Waals surface area contributed by atoms with Crippen LogP contribution in [0.4, 0.5) is 8.78 Å². The van der Waals surface area contributed by atoms with E-state index >= 15 is 0 Å². The first-order valence-corrected chi connectivity index (χ1v) is 4.62. The topological polar surface area (TPSA) is 28.7 Å². The molecule has 0 aromatic carbocycles. The van der Waals surface area contributed by atoms with Gasteiger partial charge in [0.1, 0.15) is 5.69 Å². The highest BCUT2D eigenvalue weighted by atomic mass is 19.3. The molecule has 1 N–H and O–H groups in total. The average molecular weight is 184 g/mol. The van der Waals surface area contributed by atoms with Crippen molar-refractivity contribution >= 4 is 0 Å². The van der Waals surface area contributed by atoms with Gasteiger partial charge in [-0.1, -0.05) is 0 Å². The van der Waals surface area contributed by atoms with Crippen LogP contribution < -0.4 is 0 Å². The zero-order chi connectivity index (χ0) is 9.00. The molecule has 1 saturated carbocycles. The van der Waals surface area contributed by atoms with Gasteiger partial charge in [0.2, 0.25) is 0 Å². The summed E-state index contributed by atoms with van der Waals surface area (Å²) in [7, 11) is 0. The number of halogens is 2. The smallest absolute Gasteiger partial charge is 0.282 e. The summed E-state index contributed by atoms with van der Waals surface area (Å²) < 4.78 is 24.9. The number of H-pyrrole nitrogens is 1. The summed E-state index contributed by atoms with van der Waals surface area (Å²) in [6.45, 7) is 0. The van der Waals surface area contributed by atoms with Crippen LogP contribution >= 0.6 is 0 Å². The van der Waals surface area contributed by atoms with Gasteiger partial charge in [0.05, 0.1) is 0 Å². The van der Waals surface area contributed by atoms with E-state index in [1.165, 1.54) is 0 Å². The molecule has 2 nitrogen and oxygen atoms in total. The molecule has 13 heavy (non-hydrogen) atoms. The van der Waals surface area contributed by atoms with Gasteiger partial charge in [-0.2, -0.15) is 5.10 Å². The summed E-state index contributed by atoms with van der Waals surface area (Å²) in [5.74, 6) is 1.27. The number of hydrogen-bond donors (Lipinski definition) is 1. The maximum absolute atomic E-state index is 12.4. The number of hydrogen-bond acceptors (Lipinski definition) is 1. The van der Waals surface area contributed by atoms with E-state index in [1.807, 2.05) is 0 Å². The zero-order valence-electron chi connectivity index (χ0n) is 7.06. The molecule has 2 unspecified atom stereocenters. The molecule has 0 saturated heterocycles. The van der Waals surface area contributed by atoms with Crippen LogP contribution in [0.5, 0.6) is 0 Å². The van der Waals surface area contributed by atoms with Gasteiger partial charge in [-0.05, 0) is 25.2 Å². The highest BCUT2D eigenvalue weighted by molar-refractivity contribution is 5.35. The Morgan fingerprint density at radius 2 is 2.31 bits per heavy atom. The van der Waals surface area contributed by atoms with Crippen molar-refractivity contribution in [2.45, 2.75) is 31.6 Å². The Labute approximate surface area is 74.3 Å². The maximum atomic E-state index is 12.4. The van der Waals surface area contributed by atoms with Crippen LogP contribution in [0.1, 0.15) is 42.1 Å². The second kappa shape index (κ2) is 2.30. The highest BCUT2D eigenvalue weighted by Gasteiger charge is 2.45. The van der Waals surface area contributed by atoms with Crippen molar-refractivity contribution in [1.82, 2.24) is 10.2 Å². The first-order valence-electron chi connectivity index (χ1n) is 4.62. The Morgan fingerprint density at radius 1 is 1.46 bits per heavy atom. The monoisotopic (exact) mass is 184 g/mol. The van der Waals surface area contributed by atoms with Crippen LogP contribution in [0, 0.1) is 5.92 Å². The molecular formula is C9H10F2N2. The second-order valence-electron chi connectivity index (χ2n) is 3.94. The van der Waals surface area contributed by atoms with Gasteiger partial charge < -0.3 is 0 Å². The number of aromatic amines is 1. The van der Waals surface area contributed by atoms with Crippen molar-refractivity contribution in [2.24, 2.45) is 5.92 Å². The number of nitrogens with zero attached hydrogens (tertiary/aromatic N) is 1. The molecule has 0 spiro atoms. The van der Waals surface area contributed by atoms with Crippen LogP contribution in [0.2, 0.25) is 0 Å². The first-order chi connectivity index (χ1) is 6.27. The second-order valence-corrected chi connectivity index (χ2v) is 3.94. The van der Waals surface area contributed by atoms with Crippen LogP contribution in [0.15, 0.2) is 0 Å².